The Morgan fingerprint density at radius 3 is 2.70 bits per heavy atom. The number of nitrogens with one attached hydrogen (secondary N) is 1. The third-order valence-corrected chi connectivity index (χ3v) is 4.05. The fraction of sp³-hybridized carbons (Fsp3) is 0.158. The topological polar surface area (TPSA) is 78.9 Å². The quantitative estimate of drug-likeness (QED) is 0.693. The Morgan fingerprint density at radius 2 is 1.96 bits per heavy atom. The van der Waals surface area contributed by atoms with Crippen molar-refractivity contribution in [1.29, 1.82) is 0 Å². The summed E-state index contributed by atoms with van der Waals surface area (Å²) in [5, 5.41) is 2.88. The van der Waals surface area contributed by atoms with E-state index in [9.17, 15) is 9.18 Å². The summed E-state index contributed by atoms with van der Waals surface area (Å²) < 4.78 is 36.8. The number of carbonyl (C=O) groups excluding carboxylic acids is 1. The van der Waals surface area contributed by atoms with E-state index in [2.05, 4.69) is 10.3 Å². The third-order valence-electron chi connectivity index (χ3n) is 4.05. The van der Waals surface area contributed by atoms with Crippen LogP contribution in [0.2, 0.25) is 0 Å². The zero-order valence-electron chi connectivity index (χ0n) is 14.3. The van der Waals surface area contributed by atoms with Crippen molar-refractivity contribution in [2.24, 2.45) is 0 Å². The van der Waals surface area contributed by atoms with Crippen LogP contribution in [-0.4, -0.2) is 31.7 Å². The van der Waals surface area contributed by atoms with Gasteiger partial charge in [0.2, 0.25) is 12.2 Å². The van der Waals surface area contributed by atoms with E-state index in [1.807, 2.05) is 0 Å². The molecule has 1 amide bonds. The summed E-state index contributed by atoms with van der Waals surface area (Å²) in [6, 6.07) is 7.54. The standard InChI is InChI=1S/C19H15FN2O5/c1-24-16-9-14-17(19-18(16)25-6-7-26-19)15(4-5-21-14)27-11-2-3-13(22-10-23)12(20)8-11/h2-5,8-10H,6-7H2,1H3,(H,22,23). The summed E-state index contributed by atoms with van der Waals surface area (Å²) in [5.74, 6) is 1.54. The van der Waals surface area contributed by atoms with Gasteiger partial charge in [-0.05, 0) is 18.2 Å². The first-order valence-corrected chi connectivity index (χ1v) is 8.14. The summed E-state index contributed by atoms with van der Waals surface area (Å²) in [4.78, 5) is 14.8. The van der Waals surface area contributed by atoms with Crippen molar-refractivity contribution in [2.75, 3.05) is 25.6 Å². The van der Waals surface area contributed by atoms with Gasteiger partial charge in [-0.2, -0.15) is 0 Å². The second-order valence-corrected chi connectivity index (χ2v) is 5.64. The minimum atomic E-state index is -0.610. The van der Waals surface area contributed by atoms with Crippen LogP contribution in [0.3, 0.4) is 0 Å². The summed E-state index contributed by atoms with van der Waals surface area (Å²) in [6.07, 6.45) is 1.98. The van der Waals surface area contributed by atoms with E-state index >= 15 is 0 Å². The Bertz CT molecular complexity index is 1020. The molecule has 0 unspecified atom stereocenters. The first-order chi connectivity index (χ1) is 13.2. The van der Waals surface area contributed by atoms with Crippen molar-refractivity contribution in [3.63, 3.8) is 0 Å². The number of carbonyl (C=O) groups is 1. The molecule has 0 saturated heterocycles. The maximum absolute atomic E-state index is 14.1. The number of anilines is 1. The molecule has 2 aromatic carbocycles. The molecule has 0 atom stereocenters. The molecule has 3 aromatic rings. The SMILES string of the molecule is COc1cc2nccc(Oc3ccc(NC=O)c(F)c3)c2c2c1OCCO2. The number of ether oxygens (including phenoxy) is 4. The predicted molar refractivity (Wildman–Crippen MR) is 95.4 cm³/mol. The largest absolute Gasteiger partial charge is 0.493 e. The summed E-state index contributed by atoms with van der Waals surface area (Å²) in [5.41, 5.74) is 0.657. The van der Waals surface area contributed by atoms with Gasteiger partial charge >= 0.3 is 0 Å². The first kappa shape index (κ1) is 16.9. The minimum Gasteiger partial charge on any atom is -0.493 e. The van der Waals surface area contributed by atoms with Gasteiger partial charge in [-0.25, -0.2) is 4.39 Å². The first-order valence-electron chi connectivity index (χ1n) is 8.14. The molecule has 0 spiro atoms. The van der Waals surface area contributed by atoms with Gasteiger partial charge in [0.1, 0.15) is 30.5 Å². The van der Waals surface area contributed by atoms with Crippen LogP contribution in [-0.2, 0) is 4.79 Å². The Kier molecular flexibility index (Phi) is 4.37. The highest BCUT2D eigenvalue weighted by Gasteiger charge is 2.24. The van der Waals surface area contributed by atoms with Crippen molar-refractivity contribution in [3.8, 4) is 28.7 Å². The van der Waals surface area contributed by atoms with Crippen molar-refractivity contribution >= 4 is 23.0 Å². The monoisotopic (exact) mass is 370 g/mol. The number of nitrogens with zero attached hydrogens (tertiary/aromatic N) is 1. The van der Waals surface area contributed by atoms with Crippen LogP contribution in [0, 0.1) is 5.82 Å². The molecule has 8 heteroatoms. The molecule has 1 aromatic heterocycles. The molecule has 7 nitrogen and oxygen atoms in total. The molecule has 0 saturated carbocycles. The second kappa shape index (κ2) is 6.99. The van der Waals surface area contributed by atoms with E-state index in [0.717, 1.165) is 0 Å². The maximum Gasteiger partial charge on any atom is 0.211 e. The normalized spacial score (nSPS) is 12.5. The molecule has 0 radical (unpaired) electrons. The van der Waals surface area contributed by atoms with Crippen molar-refractivity contribution < 1.29 is 28.1 Å². The van der Waals surface area contributed by atoms with Gasteiger partial charge in [0.15, 0.2) is 11.5 Å². The van der Waals surface area contributed by atoms with E-state index in [4.69, 9.17) is 18.9 Å². The number of fused-ring (bicyclic) bond motifs is 3. The van der Waals surface area contributed by atoms with Gasteiger partial charge in [0.25, 0.3) is 0 Å². The average Bonchev–Trinajstić information content (AvgIpc) is 2.69. The molecular formula is C19H15FN2O5. The van der Waals surface area contributed by atoms with Crippen molar-refractivity contribution in [2.45, 2.75) is 0 Å². The van der Waals surface area contributed by atoms with E-state index < -0.39 is 5.82 Å². The molecule has 138 valence electrons. The predicted octanol–water partition coefficient (Wildman–Crippen LogP) is 3.51. The molecule has 0 aliphatic carbocycles. The highest BCUT2D eigenvalue weighted by atomic mass is 19.1. The van der Waals surface area contributed by atoms with Crippen LogP contribution in [0.25, 0.3) is 10.9 Å². The summed E-state index contributed by atoms with van der Waals surface area (Å²) >= 11 is 0. The molecule has 0 fully saturated rings. The number of benzene rings is 2. The zero-order chi connectivity index (χ0) is 18.8. The molecule has 0 bridgehead atoms. The van der Waals surface area contributed by atoms with Gasteiger partial charge in [-0.15, -0.1) is 0 Å². The molecule has 27 heavy (non-hydrogen) atoms. The van der Waals surface area contributed by atoms with Gasteiger partial charge in [-0.1, -0.05) is 0 Å². The zero-order valence-corrected chi connectivity index (χ0v) is 14.3. The van der Waals surface area contributed by atoms with Gasteiger partial charge in [0, 0.05) is 18.3 Å². The number of halogens is 1. The van der Waals surface area contributed by atoms with E-state index in [0.29, 0.717) is 53.5 Å². The lowest BCUT2D eigenvalue weighted by Gasteiger charge is -2.23. The smallest absolute Gasteiger partial charge is 0.211 e. The third kappa shape index (κ3) is 3.05. The van der Waals surface area contributed by atoms with Gasteiger partial charge in [-0.3, -0.25) is 9.78 Å². The Hall–Kier alpha value is -3.55. The molecule has 4 rings (SSSR count). The average molecular weight is 370 g/mol. The van der Waals surface area contributed by atoms with Crippen LogP contribution in [0.15, 0.2) is 36.5 Å². The lowest BCUT2D eigenvalue weighted by molar-refractivity contribution is -0.105. The van der Waals surface area contributed by atoms with Gasteiger partial charge in [0.05, 0.1) is 23.7 Å². The highest BCUT2D eigenvalue weighted by Crippen LogP contribution is 2.48. The van der Waals surface area contributed by atoms with Crippen molar-refractivity contribution in [1.82, 2.24) is 4.98 Å². The Labute approximate surface area is 153 Å². The van der Waals surface area contributed by atoms with Crippen LogP contribution in [0.4, 0.5) is 10.1 Å². The lowest BCUT2D eigenvalue weighted by atomic mass is 10.1. The number of aromatic nitrogens is 1. The van der Waals surface area contributed by atoms with Gasteiger partial charge < -0.3 is 24.3 Å². The van der Waals surface area contributed by atoms with E-state index in [-0.39, 0.29) is 11.4 Å². The number of methoxy groups -OCH3 is 1. The van der Waals surface area contributed by atoms with Crippen molar-refractivity contribution in [3.05, 3.63) is 42.3 Å². The molecule has 2 heterocycles. The second-order valence-electron chi connectivity index (χ2n) is 5.64. The fourth-order valence-corrected chi connectivity index (χ4v) is 2.88. The molecular weight excluding hydrogens is 355 g/mol. The van der Waals surface area contributed by atoms with Crippen LogP contribution in [0.5, 0.6) is 28.7 Å². The number of hydrogen-bond acceptors (Lipinski definition) is 6. The lowest BCUT2D eigenvalue weighted by Crippen LogP contribution is -2.16. The minimum absolute atomic E-state index is 0.0655. The summed E-state index contributed by atoms with van der Waals surface area (Å²) in [7, 11) is 1.54. The van der Waals surface area contributed by atoms with E-state index in [1.165, 1.54) is 19.2 Å². The summed E-state index contributed by atoms with van der Waals surface area (Å²) in [6.45, 7) is 0.784. The number of rotatable bonds is 5. The van der Waals surface area contributed by atoms with Crippen LogP contribution >= 0.6 is 0 Å². The Balaban J connectivity index is 1.80. The number of hydrogen-bond donors (Lipinski definition) is 1. The molecule has 1 aliphatic heterocycles. The molecule has 1 aliphatic rings. The molecule has 1 N–H and O–H groups in total. The van der Waals surface area contributed by atoms with Crippen LogP contribution in [0.1, 0.15) is 0 Å². The van der Waals surface area contributed by atoms with Crippen LogP contribution < -0.4 is 24.3 Å². The highest BCUT2D eigenvalue weighted by molar-refractivity contribution is 5.95. The van der Waals surface area contributed by atoms with E-state index in [1.54, 1.807) is 24.4 Å². The fourth-order valence-electron chi connectivity index (χ4n) is 2.88. The maximum atomic E-state index is 14.1. The number of pyridine rings is 1. The Morgan fingerprint density at radius 1 is 1.15 bits per heavy atom. The number of amides is 1.